The molecule has 2 N–H and O–H groups in total. The second kappa shape index (κ2) is 10.8. The van der Waals surface area contributed by atoms with Crippen LogP contribution in [0.25, 0.3) is 0 Å². The number of anilines is 1. The molecular formula is C25H26N4O3S2. The first-order chi connectivity index (χ1) is 16.5. The van der Waals surface area contributed by atoms with E-state index in [1.54, 1.807) is 36.2 Å². The molecule has 0 saturated heterocycles. The first-order valence-corrected chi connectivity index (χ1v) is 13.6. The molecule has 4 rings (SSSR count). The maximum absolute atomic E-state index is 13.1. The smallest absolute Gasteiger partial charge is 0.263 e. The van der Waals surface area contributed by atoms with Gasteiger partial charge in [-0.3, -0.25) is 19.5 Å². The summed E-state index contributed by atoms with van der Waals surface area (Å²) in [5, 5.41) is 2.93. The third-order valence-corrected chi connectivity index (χ3v) is 7.81. The first kappa shape index (κ1) is 24.0. The van der Waals surface area contributed by atoms with Gasteiger partial charge in [-0.2, -0.15) is 0 Å². The van der Waals surface area contributed by atoms with Gasteiger partial charge in [-0.15, -0.1) is 11.8 Å². The number of unbranched alkanes of at least 4 members (excludes halogenated alkanes) is 1. The van der Waals surface area contributed by atoms with Crippen LogP contribution in [0.4, 0.5) is 5.69 Å². The van der Waals surface area contributed by atoms with Crippen molar-refractivity contribution in [3.63, 3.8) is 0 Å². The maximum Gasteiger partial charge on any atom is 0.263 e. The van der Waals surface area contributed by atoms with Crippen molar-refractivity contribution in [3.05, 3.63) is 84.2 Å². The second-order valence-electron chi connectivity index (χ2n) is 7.90. The number of carbonyl (C=O) groups is 1. The molecule has 0 fully saturated rings. The van der Waals surface area contributed by atoms with Gasteiger partial charge >= 0.3 is 0 Å². The lowest BCUT2D eigenvalue weighted by molar-refractivity contribution is -0.117. The Morgan fingerprint density at radius 2 is 1.91 bits per heavy atom. The van der Waals surface area contributed by atoms with Crippen molar-refractivity contribution in [1.82, 2.24) is 9.71 Å². The van der Waals surface area contributed by atoms with E-state index in [0.29, 0.717) is 17.7 Å². The second-order valence-corrected chi connectivity index (χ2v) is 10.6. The summed E-state index contributed by atoms with van der Waals surface area (Å²) in [4.78, 5) is 23.0. The zero-order valence-electron chi connectivity index (χ0n) is 18.8. The fourth-order valence-corrected chi connectivity index (χ4v) is 5.62. The summed E-state index contributed by atoms with van der Waals surface area (Å²) in [5.41, 5.74) is 2.31. The highest BCUT2D eigenvalue weighted by atomic mass is 32.2. The van der Waals surface area contributed by atoms with Gasteiger partial charge in [-0.25, -0.2) is 8.42 Å². The molecule has 3 aromatic rings. The van der Waals surface area contributed by atoms with E-state index in [1.807, 2.05) is 49.5 Å². The predicted octanol–water partition coefficient (Wildman–Crippen LogP) is 4.61. The van der Waals surface area contributed by atoms with Crippen molar-refractivity contribution in [2.45, 2.75) is 47.8 Å². The molecule has 1 aliphatic rings. The highest BCUT2D eigenvalue weighted by Gasteiger charge is 2.31. The number of thioether (sulfide) groups is 1. The number of hydrogen-bond donors (Lipinski definition) is 2. The number of fused-ring (bicyclic) bond motifs is 1. The molecule has 1 amide bonds. The van der Waals surface area contributed by atoms with Crippen molar-refractivity contribution in [1.29, 1.82) is 0 Å². The number of amidine groups is 1. The van der Waals surface area contributed by atoms with Crippen LogP contribution in [0.1, 0.15) is 37.3 Å². The van der Waals surface area contributed by atoms with Crippen molar-refractivity contribution in [2.75, 3.05) is 5.32 Å². The number of pyridine rings is 1. The fraction of sp³-hybridized carbons (Fsp3) is 0.240. The van der Waals surface area contributed by atoms with Crippen molar-refractivity contribution < 1.29 is 13.2 Å². The molecule has 1 aliphatic heterocycles. The summed E-state index contributed by atoms with van der Waals surface area (Å²) < 4.78 is 27.3. The third-order valence-electron chi connectivity index (χ3n) is 5.33. The van der Waals surface area contributed by atoms with Crippen LogP contribution in [0, 0.1) is 0 Å². The number of nitrogens with one attached hydrogen (secondary N) is 2. The van der Waals surface area contributed by atoms with Crippen LogP contribution in [-0.2, 0) is 20.6 Å². The van der Waals surface area contributed by atoms with Crippen molar-refractivity contribution >= 4 is 39.2 Å². The number of aromatic nitrogens is 1. The van der Waals surface area contributed by atoms with Gasteiger partial charge in [0.2, 0.25) is 5.91 Å². The van der Waals surface area contributed by atoms with Crippen LogP contribution >= 0.6 is 11.8 Å². The van der Waals surface area contributed by atoms with Crippen LogP contribution in [0.2, 0.25) is 0 Å². The number of sulfonamides is 1. The van der Waals surface area contributed by atoms with Crippen molar-refractivity contribution in [3.8, 4) is 0 Å². The van der Waals surface area contributed by atoms with E-state index in [0.717, 1.165) is 29.1 Å². The van der Waals surface area contributed by atoms with Crippen molar-refractivity contribution in [2.24, 2.45) is 4.99 Å². The zero-order chi connectivity index (χ0) is 24.0. The largest absolute Gasteiger partial charge is 0.324 e. The van der Waals surface area contributed by atoms with Gasteiger partial charge in [0.05, 0.1) is 4.90 Å². The molecule has 9 heteroatoms. The summed E-state index contributed by atoms with van der Waals surface area (Å²) in [5.74, 6) is 0.766. The van der Waals surface area contributed by atoms with E-state index >= 15 is 0 Å². The Bertz CT molecular complexity index is 1280. The molecule has 0 radical (unpaired) electrons. The number of nitrogens with zero attached hydrogens (tertiary/aromatic N) is 2. The van der Waals surface area contributed by atoms with E-state index in [4.69, 9.17) is 0 Å². The number of benzene rings is 2. The number of carbonyl (C=O) groups excluding carboxylic acids is 1. The minimum absolute atomic E-state index is 0.183. The number of rotatable bonds is 9. The Morgan fingerprint density at radius 1 is 1.12 bits per heavy atom. The lowest BCUT2D eigenvalue weighted by Gasteiger charge is -2.14. The van der Waals surface area contributed by atoms with E-state index in [1.165, 1.54) is 6.07 Å². The normalized spacial score (nSPS) is 16.0. The standard InChI is InChI=1S/C25H26N4O3S2/c1-2-3-9-22(28-24-21-8-4-5-10-23(21)34(31,32)29-24)25(30)27-19-11-13-20(14-12-19)33-17-18-7-6-15-26-16-18/h4-8,10-16,22H,2-3,9,17H2,1H3,(H,27,30)(H,28,29). The minimum Gasteiger partial charge on any atom is -0.324 e. The molecule has 0 spiro atoms. The molecular weight excluding hydrogens is 468 g/mol. The highest BCUT2D eigenvalue weighted by Crippen LogP contribution is 2.25. The summed E-state index contributed by atoms with van der Waals surface area (Å²) in [7, 11) is -3.65. The SMILES string of the molecule is CCCCC(N=C1NS(=O)(=O)c2ccccc21)C(=O)Nc1ccc(SCc2cccnc2)cc1. The molecule has 1 aromatic heterocycles. The minimum atomic E-state index is -3.65. The Balaban J connectivity index is 1.45. The lowest BCUT2D eigenvalue weighted by Crippen LogP contribution is -2.30. The summed E-state index contributed by atoms with van der Waals surface area (Å²) in [6, 6.07) is 17.6. The Hall–Kier alpha value is -3.17. The summed E-state index contributed by atoms with van der Waals surface area (Å²) in [6.45, 7) is 2.04. The Morgan fingerprint density at radius 3 is 2.65 bits per heavy atom. The van der Waals surface area contributed by atoms with Gasteiger partial charge in [0.15, 0.2) is 0 Å². The van der Waals surface area contributed by atoms with E-state index < -0.39 is 16.1 Å². The van der Waals surface area contributed by atoms with E-state index in [-0.39, 0.29) is 16.6 Å². The number of aliphatic imine (C=N–C) groups is 1. The van der Waals surface area contributed by atoms with Gasteiger partial charge in [-0.05, 0) is 54.4 Å². The average Bonchev–Trinajstić information content (AvgIpc) is 3.11. The molecule has 2 heterocycles. The quantitative estimate of drug-likeness (QED) is 0.423. The molecule has 0 aliphatic carbocycles. The third kappa shape index (κ3) is 5.84. The predicted molar refractivity (Wildman–Crippen MR) is 135 cm³/mol. The van der Waals surface area contributed by atoms with Crippen LogP contribution in [0.15, 0.2) is 87.8 Å². The van der Waals surface area contributed by atoms with Gasteiger partial charge in [0.1, 0.15) is 11.9 Å². The highest BCUT2D eigenvalue weighted by molar-refractivity contribution is 7.98. The summed E-state index contributed by atoms with van der Waals surface area (Å²) in [6.07, 6.45) is 5.83. The molecule has 0 saturated carbocycles. The van der Waals surface area contributed by atoms with Crippen LogP contribution < -0.4 is 10.0 Å². The van der Waals surface area contributed by atoms with Crippen LogP contribution in [0.3, 0.4) is 0 Å². The zero-order valence-corrected chi connectivity index (χ0v) is 20.4. The molecule has 1 atom stereocenters. The van der Waals surface area contributed by atoms with Crippen LogP contribution in [0.5, 0.6) is 0 Å². The van der Waals surface area contributed by atoms with Gasteiger partial charge in [0, 0.05) is 34.3 Å². The number of amides is 1. The first-order valence-electron chi connectivity index (χ1n) is 11.1. The Labute approximate surface area is 204 Å². The maximum atomic E-state index is 13.1. The molecule has 34 heavy (non-hydrogen) atoms. The summed E-state index contributed by atoms with van der Waals surface area (Å²) >= 11 is 1.69. The molecule has 1 unspecified atom stereocenters. The Kier molecular flexibility index (Phi) is 7.64. The molecule has 2 aromatic carbocycles. The van der Waals surface area contributed by atoms with E-state index in [2.05, 4.69) is 20.0 Å². The molecule has 7 nitrogen and oxygen atoms in total. The van der Waals surface area contributed by atoms with Gasteiger partial charge in [-0.1, -0.05) is 38.0 Å². The van der Waals surface area contributed by atoms with E-state index in [9.17, 15) is 13.2 Å². The van der Waals surface area contributed by atoms with Crippen LogP contribution in [-0.4, -0.2) is 31.2 Å². The lowest BCUT2D eigenvalue weighted by atomic mass is 10.1. The average molecular weight is 495 g/mol. The fourth-order valence-electron chi connectivity index (χ4n) is 3.55. The molecule has 0 bridgehead atoms. The van der Waals surface area contributed by atoms with Gasteiger partial charge in [0.25, 0.3) is 10.0 Å². The topological polar surface area (TPSA) is 101 Å². The molecule has 176 valence electrons. The monoisotopic (exact) mass is 494 g/mol. The number of hydrogen-bond acceptors (Lipinski definition) is 6. The van der Waals surface area contributed by atoms with Gasteiger partial charge < -0.3 is 5.32 Å².